The van der Waals surface area contributed by atoms with E-state index in [1.54, 1.807) is 23.1 Å². The van der Waals surface area contributed by atoms with E-state index >= 15 is 0 Å². The highest BCUT2D eigenvalue weighted by atomic mass is 16.4. The SMILES string of the molecule is CCn1cc(-c2ccnc3c(C(=O)O)cnn23)cn1. The zero-order valence-corrected chi connectivity index (χ0v) is 10.2. The molecule has 1 N–H and O–H groups in total. The molecule has 0 aromatic carbocycles. The Morgan fingerprint density at radius 3 is 2.89 bits per heavy atom. The fourth-order valence-corrected chi connectivity index (χ4v) is 1.93. The topological polar surface area (TPSA) is 85.3 Å². The van der Waals surface area contributed by atoms with Crippen LogP contribution in [0.5, 0.6) is 0 Å². The van der Waals surface area contributed by atoms with Crippen molar-refractivity contribution in [2.45, 2.75) is 13.5 Å². The smallest absolute Gasteiger partial charge is 0.341 e. The van der Waals surface area contributed by atoms with Gasteiger partial charge in [0.05, 0.1) is 18.1 Å². The lowest BCUT2D eigenvalue weighted by Gasteiger charge is -2.01. The molecule has 0 spiro atoms. The lowest BCUT2D eigenvalue weighted by molar-refractivity contribution is 0.0699. The maximum absolute atomic E-state index is 11.1. The van der Waals surface area contributed by atoms with Crippen molar-refractivity contribution in [3.05, 3.63) is 36.4 Å². The van der Waals surface area contributed by atoms with Gasteiger partial charge in [0, 0.05) is 24.5 Å². The number of hydrogen-bond acceptors (Lipinski definition) is 4. The molecule has 0 saturated heterocycles. The van der Waals surface area contributed by atoms with Crippen LogP contribution >= 0.6 is 0 Å². The summed E-state index contributed by atoms with van der Waals surface area (Å²) >= 11 is 0. The van der Waals surface area contributed by atoms with E-state index in [9.17, 15) is 4.79 Å². The van der Waals surface area contributed by atoms with Gasteiger partial charge < -0.3 is 5.11 Å². The molecule has 3 heterocycles. The van der Waals surface area contributed by atoms with Crippen molar-refractivity contribution < 1.29 is 9.90 Å². The van der Waals surface area contributed by atoms with Crippen molar-refractivity contribution in [2.24, 2.45) is 0 Å². The summed E-state index contributed by atoms with van der Waals surface area (Å²) in [7, 11) is 0. The molecule has 0 amide bonds. The van der Waals surface area contributed by atoms with E-state index in [2.05, 4.69) is 15.2 Å². The van der Waals surface area contributed by atoms with Crippen LogP contribution in [0.15, 0.2) is 30.9 Å². The van der Waals surface area contributed by atoms with E-state index in [0.717, 1.165) is 17.8 Å². The van der Waals surface area contributed by atoms with Crippen LogP contribution in [0.3, 0.4) is 0 Å². The van der Waals surface area contributed by atoms with Crippen LogP contribution in [-0.4, -0.2) is 35.5 Å². The molecule has 0 saturated carbocycles. The lowest BCUT2D eigenvalue weighted by Crippen LogP contribution is -1.99. The van der Waals surface area contributed by atoms with Crippen molar-refractivity contribution in [1.82, 2.24) is 24.4 Å². The van der Waals surface area contributed by atoms with E-state index < -0.39 is 5.97 Å². The van der Waals surface area contributed by atoms with Crippen LogP contribution in [0.2, 0.25) is 0 Å². The molecule has 19 heavy (non-hydrogen) atoms. The fraction of sp³-hybridized carbons (Fsp3) is 0.167. The minimum absolute atomic E-state index is 0.0877. The standard InChI is InChI=1S/C12H11N5O2/c1-2-16-7-8(5-14-16)10-3-4-13-11-9(12(18)19)6-15-17(10)11/h3-7H,2H2,1H3,(H,18,19). The minimum Gasteiger partial charge on any atom is -0.477 e. The van der Waals surface area contributed by atoms with Crippen LogP contribution < -0.4 is 0 Å². The quantitative estimate of drug-likeness (QED) is 0.764. The fourth-order valence-electron chi connectivity index (χ4n) is 1.93. The number of carboxylic acids is 1. The number of aromatic carboxylic acids is 1. The van der Waals surface area contributed by atoms with Crippen molar-refractivity contribution >= 4 is 11.6 Å². The number of aromatic nitrogens is 5. The molecule has 0 atom stereocenters. The molecule has 3 aromatic heterocycles. The van der Waals surface area contributed by atoms with E-state index in [1.165, 1.54) is 10.7 Å². The van der Waals surface area contributed by atoms with Gasteiger partial charge in [-0.3, -0.25) is 4.68 Å². The van der Waals surface area contributed by atoms with Crippen LogP contribution in [0.25, 0.3) is 16.9 Å². The van der Waals surface area contributed by atoms with E-state index in [0.29, 0.717) is 5.65 Å². The maximum atomic E-state index is 11.1. The molecule has 7 heteroatoms. The van der Waals surface area contributed by atoms with Gasteiger partial charge in [-0.2, -0.15) is 10.2 Å². The summed E-state index contributed by atoms with van der Waals surface area (Å²) in [5, 5.41) is 17.4. The number of aryl methyl sites for hydroxylation is 1. The van der Waals surface area contributed by atoms with Gasteiger partial charge in [0.1, 0.15) is 5.56 Å². The second-order valence-corrected chi connectivity index (χ2v) is 4.01. The predicted octanol–water partition coefficient (Wildman–Crippen LogP) is 1.31. The number of carbonyl (C=O) groups is 1. The third-order valence-electron chi connectivity index (χ3n) is 2.88. The molecule has 0 bridgehead atoms. The van der Waals surface area contributed by atoms with Crippen molar-refractivity contribution in [3.63, 3.8) is 0 Å². The normalized spacial score (nSPS) is 11.0. The minimum atomic E-state index is -1.04. The van der Waals surface area contributed by atoms with Gasteiger partial charge in [0.25, 0.3) is 0 Å². The van der Waals surface area contributed by atoms with Crippen LogP contribution in [0, 0.1) is 0 Å². The molecule has 0 aliphatic heterocycles. The van der Waals surface area contributed by atoms with Crippen molar-refractivity contribution in [2.75, 3.05) is 0 Å². The monoisotopic (exact) mass is 257 g/mol. The van der Waals surface area contributed by atoms with Gasteiger partial charge in [-0.15, -0.1) is 0 Å². The zero-order valence-electron chi connectivity index (χ0n) is 10.2. The second-order valence-electron chi connectivity index (χ2n) is 4.01. The van der Waals surface area contributed by atoms with E-state index in [1.807, 2.05) is 13.1 Å². The Morgan fingerprint density at radius 2 is 2.21 bits per heavy atom. The third kappa shape index (κ3) is 1.75. The summed E-state index contributed by atoms with van der Waals surface area (Å²) in [6.07, 6.45) is 6.48. The number of fused-ring (bicyclic) bond motifs is 1. The van der Waals surface area contributed by atoms with Crippen LogP contribution in [0.4, 0.5) is 0 Å². The summed E-state index contributed by atoms with van der Waals surface area (Å²) < 4.78 is 3.31. The van der Waals surface area contributed by atoms with E-state index in [-0.39, 0.29) is 5.56 Å². The highest BCUT2D eigenvalue weighted by Crippen LogP contribution is 2.20. The van der Waals surface area contributed by atoms with Gasteiger partial charge in [0.2, 0.25) is 0 Å². The average molecular weight is 257 g/mol. The summed E-state index contributed by atoms with van der Waals surface area (Å²) in [5.74, 6) is -1.04. The Bertz CT molecular complexity index is 758. The van der Waals surface area contributed by atoms with Crippen LogP contribution in [0.1, 0.15) is 17.3 Å². The molecular formula is C12H11N5O2. The average Bonchev–Trinajstić information content (AvgIpc) is 3.04. The van der Waals surface area contributed by atoms with Crippen molar-refractivity contribution in [3.8, 4) is 11.3 Å². The zero-order chi connectivity index (χ0) is 13.4. The molecule has 0 aliphatic carbocycles. The van der Waals surface area contributed by atoms with Gasteiger partial charge in [-0.25, -0.2) is 14.3 Å². The van der Waals surface area contributed by atoms with Gasteiger partial charge in [-0.1, -0.05) is 0 Å². The predicted molar refractivity (Wildman–Crippen MR) is 66.8 cm³/mol. The number of carboxylic acid groups (broad SMARTS) is 1. The molecule has 0 aliphatic rings. The number of rotatable bonds is 3. The van der Waals surface area contributed by atoms with E-state index in [4.69, 9.17) is 5.11 Å². The number of nitrogens with zero attached hydrogens (tertiary/aromatic N) is 5. The Labute approximate surface area is 108 Å². The second kappa shape index (κ2) is 4.20. The molecule has 96 valence electrons. The summed E-state index contributed by atoms with van der Waals surface area (Å²) in [6.45, 7) is 2.77. The number of hydrogen-bond donors (Lipinski definition) is 1. The van der Waals surface area contributed by atoms with Crippen LogP contribution in [-0.2, 0) is 6.54 Å². The largest absolute Gasteiger partial charge is 0.477 e. The summed E-state index contributed by atoms with van der Waals surface area (Å²) in [5.41, 5.74) is 2.05. The molecule has 0 unspecified atom stereocenters. The molecule has 3 aromatic rings. The molecule has 0 fully saturated rings. The summed E-state index contributed by atoms with van der Waals surface area (Å²) in [6, 6.07) is 1.78. The third-order valence-corrected chi connectivity index (χ3v) is 2.88. The highest BCUT2D eigenvalue weighted by molar-refractivity contribution is 5.94. The maximum Gasteiger partial charge on any atom is 0.341 e. The first-order valence-electron chi connectivity index (χ1n) is 5.79. The van der Waals surface area contributed by atoms with Gasteiger partial charge in [-0.05, 0) is 13.0 Å². The molecular weight excluding hydrogens is 246 g/mol. The Balaban J connectivity index is 2.21. The first-order valence-corrected chi connectivity index (χ1v) is 5.79. The lowest BCUT2D eigenvalue weighted by atomic mass is 10.2. The highest BCUT2D eigenvalue weighted by Gasteiger charge is 2.15. The Morgan fingerprint density at radius 1 is 1.37 bits per heavy atom. The Kier molecular flexibility index (Phi) is 2.52. The Hall–Kier alpha value is -2.70. The molecule has 3 rings (SSSR count). The van der Waals surface area contributed by atoms with Crippen molar-refractivity contribution in [1.29, 1.82) is 0 Å². The molecule has 7 nitrogen and oxygen atoms in total. The van der Waals surface area contributed by atoms with Gasteiger partial charge in [0.15, 0.2) is 5.65 Å². The summed E-state index contributed by atoms with van der Waals surface area (Å²) in [4.78, 5) is 15.1. The van der Waals surface area contributed by atoms with Gasteiger partial charge >= 0.3 is 5.97 Å². The first kappa shape index (κ1) is 11.4. The molecule has 0 radical (unpaired) electrons. The first-order chi connectivity index (χ1) is 9.20.